The van der Waals surface area contributed by atoms with Crippen LogP contribution >= 0.6 is 11.3 Å². The lowest BCUT2D eigenvalue weighted by Gasteiger charge is -2.11. The standard InChI is InChI=1S/C15H18OS/c1-10(2)12-4-6-13(7-5-12)15(16)14-8-11(3)17-9-14/h4-10,15-16H,1-3H3. The maximum absolute atomic E-state index is 10.2. The van der Waals surface area contributed by atoms with Crippen molar-refractivity contribution in [2.24, 2.45) is 0 Å². The number of hydrogen-bond donors (Lipinski definition) is 1. The number of aliphatic hydroxyl groups excluding tert-OH is 1. The third kappa shape index (κ3) is 2.76. The Morgan fingerprint density at radius 2 is 1.59 bits per heavy atom. The van der Waals surface area contributed by atoms with E-state index >= 15 is 0 Å². The fourth-order valence-corrected chi connectivity index (χ4v) is 2.59. The zero-order valence-corrected chi connectivity index (χ0v) is 11.3. The average molecular weight is 246 g/mol. The van der Waals surface area contributed by atoms with Gasteiger partial charge in [-0.2, -0.15) is 0 Å². The first-order valence-electron chi connectivity index (χ1n) is 5.91. The van der Waals surface area contributed by atoms with Gasteiger partial charge in [-0.25, -0.2) is 0 Å². The van der Waals surface area contributed by atoms with Crippen LogP contribution in [0.25, 0.3) is 0 Å². The quantitative estimate of drug-likeness (QED) is 0.858. The molecular formula is C15H18OS. The molecule has 0 aliphatic heterocycles. The van der Waals surface area contributed by atoms with Gasteiger partial charge in [0.25, 0.3) is 0 Å². The molecule has 0 bridgehead atoms. The summed E-state index contributed by atoms with van der Waals surface area (Å²) in [7, 11) is 0. The maximum Gasteiger partial charge on any atom is 0.105 e. The van der Waals surface area contributed by atoms with Crippen molar-refractivity contribution in [2.45, 2.75) is 32.8 Å². The van der Waals surface area contributed by atoms with Gasteiger partial charge in [-0.3, -0.25) is 0 Å². The first-order valence-corrected chi connectivity index (χ1v) is 6.79. The molecule has 1 aromatic heterocycles. The van der Waals surface area contributed by atoms with Gasteiger partial charge in [0.2, 0.25) is 0 Å². The molecule has 0 saturated carbocycles. The van der Waals surface area contributed by atoms with E-state index in [2.05, 4.69) is 32.9 Å². The monoisotopic (exact) mass is 246 g/mol. The Morgan fingerprint density at radius 1 is 1.00 bits per heavy atom. The van der Waals surface area contributed by atoms with E-state index in [-0.39, 0.29) is 0 Å². The van der Waals surface area contributed by atoms with E-state index in [9.17, 15) is 5.11 Å². The predicted molar refractivity (Wildman–Crippen MR) is 73.6 cm³/mol. The van der Waals surface area contributed by atoms with Gasteiger partial charge in [-0.1, -0.05) is 38.1 Å². The van der Waals surface area contributed by atoms with Crippen molar-refractivity contribution in [1.29, 1.82) is 0 Å². The van der Waals surface area contributed by atoms with Gasteiger partial charge in [0.1, 0.15) is 6.10 Å². The molecule has 1 aromatic carbocycles. The van der Waals surface area contributed by atoms with E-state index in [1.165, 1.54) is 10.4 Å². The van der Waals surface area contributed by atoms with Crippen LogP contribution < -0.4 is 0 Å². The highest BCUT2D eigenvalue weighted by Gasteiger charge is 2.11. The fraction of sp³-hybridized carbons (Fsp3) is 0.333. The molecule has 0 radical (unpaired) electrons. The Balaban J connectivity index is 2.22. The minimum atomic E-state index is -0.499. The summed E-state index contributed by atoms with van der Waals surface area (Å²) in [6.07, 6.45) is -0.499. The molecule has 2 rings (SSSR count). The molecule has 90 valence electrons. The normalized spacial score (nSPS) is 13.0. The van der Waals surface area contributed by atoms with E-state index in [1.54, 1.807) is 11.3 Å². The van der Waals surface area contributed by atoms with Crippen LogP contribution in [0.2, 0.25) is 0 Å². The van der Waals surface area contributed by atoms with Crippen molar-refractivity contribution >= 4 is 11.3 Å². The third-order valence-corrected chi connectivity index (χ3v) is 3.87. The average Bonchev–Trinajstić information content (AvgIpc) is 2.75. The summed E-state index contributed by atoms with van der Waals surface area (Å²) in [5.74, 6) is 0.532. The number of hydrogen-bond acceptors (Lipinski definition) is 2. The molecule has 2 heteroatoms. The van der Waals surface area contributed by atoms with Gasteiger partial charge in [-0.15, -0.1) is 11.3 Å². The van der Waals surface area contributed by atoms with Gasteiger partial charge in [-0.05, 0) is 41.0 Å². The Labute approximate surface area is 107 Å². The Bertz CT molecular complexity index is 482. The molecule has 1 unspecified atom stereocenters. The van der Waals surface area contributed by atoms with Crippen molar-refractivity contribution < 1.29 is 5.11 Å². The van der Waals surface area contributed by atoms with Crippen molar-refractivity contribution in [2.75, 3.05) is 0 Å². The van der Waals surface area contributed by atoms with Crippen LogP contribution in [-0.4, -0.2) is 5.11 Å². The molecule has 0 aliphatic rings. The summed E-state index contributed by atoms with van der Waals surface area (Å²) in [6, 6.07) is 10.3. The van der Waals surface area contributed by atoms with Crippen molar-refractivity contribution in [3.63, 3.8) is 0 Å². The molecule has 1 N–H and O–H groups in total. The van der Waals surface area contributed by atoms with Crippen LogP contribution in [0, 0.1) is 6.92 Å². The summed E-state index contributed by atoms with van der Waals surface area (Å²) in [5, 5.41) is 12.3. The van der Waals surface area contributed by atoms with E-state index in [4.69, 9.17) is 0 Å². The van der Waals surface area contributed by atoms with Crippen LogP contribution in [0.3, 0.4) is 0 Å². The Morgan fingerprint density at radius 3 is 2.06 bits per heavy atom. The van der Waals surface area contributed by atoms with Gasteiger partial charge >= 0.3 is 0 Å². The second kappa shape index (κ2) is 5.03. The van der Waals surface area contributed by atoms with Crippen LogP contribution in [0.15, 0.2) is 35.7 Å². The number of aryl methyl sites for hydroxylation is 1. The SMILES string of the molecule is Cc1cc(C(O)c2ccc(C(C)C)cc2)cs1. The molecule has 0 fully saturated rings. The zero-order chi connectivity index (χ0) is 12.4. The fourth-order valence-electron chi connectivity index (χ4n) is 1.86. The van der Waals surface area contributed by atoms with Gasteiger partial charge in [0.05, 0.1) is 0 Å². The van der Waals surface area contributed by atoms with Crippen molar-refractivity contribution in [3.05, 3.63) is 57.3 Å². The maximum atomic E-state index is 10.2. The Kier molecular flexibility index (Phi) is 3.65. The van der Waals surface area contributed by atoms with Gasteiger partial charge in [0, 0.05) is 4.88 Å². The molecule has 0 amide bonds. The minimum Gasteiger partial charge on any atom is -0.384 e. The first kappa shape index (κ1) is 12.3. The van der Waals surface area contributed by atoms with E-state index in [0.717, 1.165) is 11.1 Å². The number of thiophene rings is 1. The molecule has 0 saturated heterocycles. The van der Waals surface area contributed by atoms with Crippen LogP contribution in [0.4, 0.5) is 0 Å². The molecule has 0 spiro atoms. The topological polar surface area (TPSA) is 20.2 Å². The van der Waals surface area contributed by atoms with E-state index < -0.39 is 6.10 Å². The number of aliphatic hydroxyl groups is 1. The highest BCUT2D eigenvalue weighted by atomic mass is 32.1. The molecule has 1 nitrogen and oxygen atoms in total. The summed E-state index contributed by atoms with van der Waals surface area (Å²) in [6.45, 7) is 6.41. The van der Waals surface area contributed by atoms with Crippen molar-refractivity contribution in [1.82, 2.24) is 0 Å². The molecule has 1 atom stereocenters. The predicted octanol–water partition coefficient (Wildman–Crippen LogP) is 4.26. The van der Waals surface area contributed by atoms with E-state index in [0.29, 0.717) is 5.92 Å². The van der Waals surface area contributed by atoms with Gasteiger partial charge < -0.3 is 5.11 Å². The summed E-state index contributed by atoms with van der Waals surface area (Å²) >= 11 is 1.68. The zero-order valence-electron chi connectivity index (χ0n) is 10.5. The first-order chi connectivity index (χ1) is 8.08. The largest absolute Gasteiger partial charge is 0.384 e. The Hall–Kier alpha value is -1.12. The molecule has 1 heterocycles. The lowest BCUT2D eigenvalue weighted by Crippen LogP contribution is -1.98. The minimum absolute atomic E-state index is 0.499. The highest BCUT2D eigenvalue weighted by Crippen LogP contribution is 2.27. The molecule has 17 heavy (non-hydrogen) atoms. The molecule has 2 aromatic rings. The summed E-state index contributed by atoms with van der Waals surface area (Å²) < 4.78 is 0. The lowest BCUT2D eigenvalue weighted by molar-refractivity contribution is 0.221. The van der Waals surface area contributed by atoms with Crippen molar-refractivity contribution in [3.8, 4) is 0 Å². The van der Waals surface area contributed by atoms with Crippen LogP contribution in [0.1, 0.15) is 47.4 Å². The van der Waals surface area contributed by atoms with Crippen LogP contribution in [0.5, 0.6) is 0 Å². The highest BCUT2D eigenvalue weighted by molar-refractivity contribution is 7.10. The third-order valence-electron chi connectivity index (χ3n) is 2.99. The van der Waals surface area contributed by atoms with E-state index in [1.807, 2.05) is 23.6 Å². The lowest BCUT2D eigenvalue weighted by atomic mass is 9.98. The smallest absolute Gasteiger partial charge is 0.105 e. The summed E-state index contributed by atoms with van der Waals surface area (Å²) in [4.78, 5) is 1.23. The second-order valence-electron chi connectivity index (χ2n) is 4.71. The molecule has 0 aliphatic carbocycles. The summed E-state index contributed by atoms with van der Waals surface area (Å²) in [5.41, 5.74) is 3.26. The van der Waals surface area contributed by atoms with Crippen LogP contribution in [-0.2, 0) is 0 Å². The number of benzene rings is 1. The number of rotatable bonds is 3. The van der Waals surface area contributed by atoms with Gasteiger partial charge in [0.15, 0.2) is 0 Å². The molecular weight excluding hydrogens is 228 g/mol. The second-order valence-corrected chi connectivity index (χ2v) is 5.83.